The number of carbonyl (C=O) groups excluding carboxylic acids is 1. The summed E-state index contributed by atoms with van der Waals surface area (Å²) in [5, 5.41) is 6.58. The lowest BCUT2D eigenvalue weighted by atomic mass is 9.86. The first-order valence-electron chi connectivity index (χ1n) is 11.2. The number of allylic oxidation sites excluding steroid dienone is 1. The molecule has 4 atom stereocenters. The van der Waals surface area contributed by atoms with Crippen molar-refractivity contribution in [2.75, 3.05) is 13.2 Å². The maximum Gasteiger partial charge on any atom is 0.251 e. The zero-order chi connectivity index (χ0) is 21.6. The van der Waals surface area contributed by atoms with E-state index in [1.54, 1.807) is 0 Å². The van der Waals surface area contributed by atoms with Crippen LogP contribution in [0.3, 0.4) is 0 Å². The maximum atomic E-state index is 12.6. The smallest absolute Gasteiger partial charge is 0.251 e. The van der Waals surface area contributed by atoms with Crippen molar-refractivity contribution >= 4 is 17.8 Å². The summed E-state index contributed by atoms with van der Waals surface area (Å²) in [6, 6.07) is 18.3. The predicted molar refractivity (Wildman–Crippen MR) is 125 cm³/mol. The van der Waals surface area contributed by atoms with Gasteiger partial charge in [-0.3, -0.25) is 9.79 Å². The molecule has 0 aliphatic carbocycles. The number of hydrogen-bond acceptors (Lipinski definition) is 4. The Labute approximate surface area is 184 Å². The molecule has 162 valence electrons. The molecule has 0 bridgehead atoms. The molecule has 0 spiro atoms. The highest BCUT2D eigenvalue weighted by atomic mass is 16.5. The Morgan fingerprint density at radius 3 is 2.81 bits per heavy atom. The second-order valence-corrected chi connectivity index (χ2v) is 8.45. The standard InChI is InChI=1S/C26H31N3O2/c1-18(20-8-4-3-5-9-20)19(2)25-27-14-13-24(29-25)21-10-6-11-22(16-21)26(30)28-17-23-12-7-15-31-23/h3-6,8-11,13-14,16,18-19,23,25,29H,7,12,15,17H2,1-2H3,(H,28,30). The van der Waals surface area contributed by atoms with Gasteiger partial charge in [-0.1, -0.05) is 56.3 Å². The van der Waals surface area contributed by atoms with E-state index in [9.17, 15) is 4.79 Å². The average Bonchev–Trinajstić information content (AvgIpc) is 3.36. The molecule has 5 nitrogen and oxygen atoms in total. The van der Waals surface area contributed by atoms with Gasteiger partial charge in [0, 0.05) is 36.5 Å². The van der Waals surface area contributed by atoms with Crippen LogP contribution in [0.5, 0.6) is 0 Å². The summed E-state index contributed by atoms with van der Waals surface area (Å²) in [7, 11) is 0. The highest BCUT2D eigenvalue weighted by Crippen LogP contribution is 2.29. The summed E-state index contributed by atoms with van der Waals surface area (Å²) in [5.74, 6) is 0.607. The van der Waals surface area contributed by atoms with Crippen LogP contribution in [0.4, 0.5) is 0 Å². The van der Waals surface area contributed by atoms with Crippen molar-refractivity contribution < 1.29 is 9.53 Å². The van der Waals surface area contributed by atoms with Crippen LogP contribution in [0.15, 0.2) is 65.7 Å². The van der Waals surface area contributed by atoms with Crippen LogP contribution in [0, 0.1) is 5.92 Å². The van der Waals surface area contributed by atoms with Gasteiger partial charge >= 0.3 is 0 Å². The lowest BCUT2D eigenvalue weighted by Gasteiger charge is -2.30. The van der Waals surface area contributed by atoms with E-state index in [4.69, 9.17) is 4.74 Å². The molecule has 2 heterocycles. The Balaban J connectivity index is 1.41. The number of nitrogens with zero attached hydrogens (tertiary/aromatic N) is 1. The summed E-state index contributed by atoms with van der Waals surface area (Å²) in [6.45, 7) is 5.83. The number of ether oxygens (including phenoxy) is 1. The SMILES string of the molecule is CC(c1ccccc1)C(C)C1N=CC=C(c2cccc(C(=O)NCC3CCCO3)c2)N1. The van der Waals surface area contributed by atoms with Crippen LogP contribution in [0.25, 0.3) is 5.70 Å². The third kappa shape index (κ3) is 5.23. The molecular weight excluding hydrogens is 386 g/mol. The molecule has 31 heavy (non-hydrogen) atoms. The quantitative estimate of drug-likeness (QED) is 0.703. The molecule has 1 fully saturated rings. The summed E-state index contributed by atoms with van der Waals surface area (Å²) in [5.41, 5.74) is 3.94. The zero-order valence-corrected chi connectivity index (χ0v) is 18.3. The molecule has 1 saturated heterocycles. The Hall–Kier alpha value is -2.92. The number of nitrogens with one attached hydrogen (secondary N) is 2. The second-order valence-electron chi connectivity index (χ2n) is 8.45. The van der Waals surface area contributed by atoms with Crippen molar-refractivity contribution in [1.82, 2.24) is 10.6 Å². The molecule has 2 aliphatic rings. The molecule has 1 amide bonds. The van der Waals surface area contributed by atoms with Crippen molar-refractivity contribution in [3.05, 3.63) is 77.4 Å². The van der Waals surface area contributed by atoms with Crippen LogP contribution < -0.4 is 10.6 Å². The third-order valence-corrected chi connectivity index (χ3v) is 6.35. The maximum absolute atomic E-state index is 12.6. The number of hydrogen-bond donors (Lipinski definition) is 2. The number of benzene rings is 2. The van der Waals surface area contributed by atoms with E-state index in [0.717, 1.165) is 30.7 Å². The summed E-state index contributed by atoms with van der Waals surface area (Å²) >= 11 is 0. The molecule has 0 saturated carbocycles. The van der Waals surface area contributed by atoms with Gasteiger partial charge in [0.25, 0.3) is 5.91 Å². The van der Waals surface area contributed by atoms with Gasteiger partial charge in [-0.25, -0.2) is 0 Å². The molecule has 2 aromatic rings. The van der Waals surface area contributed by atoms with Crippen LogP contribution in [-0.2, 0) is 4.74 Å². The number of carbonyl (C=O) groups is 1. The topological polar surface area (TPSA) is 62.7 Å². The minimum Gasteiger partial charge on any atom is -0.376 e. The van der Waals surface area contributed by atoms with Crippen LogP contribution in [-0.4, -0.2) is 37.5 Å². The normalized spacial score (nSPS) is 22.3. The molecule has 2 N–H and O–H groups in total. The average molecular weight is 418 g/mol. The van der Waals surface area contributed by atoms with Crippen LogP contribution in [0.2, 0.25) is 0 Å². The van der Waals surface area contributed by atoms with Gasteiger partial charge in [-0.05, 0) is 48.1 Å². The van der Waals surface area contributed by atoms with Crippen molar-refractivity contribution in [1.29, 1.82) is 0 Å². The van der Waals surface area contributed by atoms with Crippen molar-refractivity contribution in [2.24, 2.45) is 10.9 Å². The summed E-state index contributed by atoms with van der Waals surface area (Å²) in [4.78, 5) is 17.3. The van der Waals surface area contributed by atoms with Gasteiger partial charge in [0.2, 0.25) is 0 Å². The summed E-state index contributed by atoms with van der Waals surface area (Å²) < 4.78 is 5.60. The van der Waals surface area contributed by atoms with E-state index in [1.165, 1.54) is 5.56 Å². The van der Waals surface area contributed by atoms with Crippen molar-refractivity contribution in [3.63, 3.8) is 0 Å². The van der Waals surface area contributed by atoms with E-state index in [0.29, 0.717) is 23.9 Å². The third-order valence-electron chi connectivity index (χ3n) is 6.35. The molecule has 2 aromatic carbocycles. The van der Waals surface area contributed by atoms with Crippen molar-refractivity contribution in [2.45, 2.75) is 44.9 Å². The molecule has 5 heteroatoms. The molecule has 2 aliphatic heterocycles. The van der Waals surface area contributed by atoms with Crippen LogP contribution >= 0.6 is 0 Å². The summed E-state index contributed by atoms with van der Waals surface area (Å²) in [6.07, 6.45) is 6.04. The lowest BCUT2D eigenvalue weighted by molar-refractivity contribution is 0.0858. The minimum atomic E-state index is -0.0648. The fourth-order valence-electron chi connectivity index (χ4n) is 4.18. The van der Waals surface area contributed by atoms with Gasteiger partial charge < -0.3 is 15.4 Å². The van der Waals surface area contributed by atoms with Gasteiger partial charge in [0.15, 0.2) is 0 Å². The van der Waals surface area contributed by atoms with E-state index in [-0.39, 0.29) is 18.2 Å². The fraction of sp³-hybridized carbons (Fsp3) is 0.385. The monoisotopic (exact) mass is 417 g/mol. The van der Waals surface area contributed by atoms with E-state index in [1.807, 2.05) is 42.6 Å². The largest absolute Gasteiger partial charge is 0.376 e. The Kier molecular flexibility index (Phi) is 6.82. The lowest BCUT2D eigenvalue weighted by Crippen LogP contribution is -2.36. The molecular formula is C26H31N3O2. The zero-order valence-electron chi connectivity index (χ0n) is 18.3. The van der Waals surface area contributed by atoms with Gasteiger partial charge in [0.1, 0.15) is 6.17 Å². The molecule has 4 rings (SSSR count). The van der Waals surface area contributed by atoms with Crippen LogP contribution in [0.1, 0.15) is 54.1 Å². The minimum absolute atomic E-state index is 0.0211. The number of aliphatic imine (C=N–C) groups is 1. The van der Waals surface area contributed by atoms with E-state index >= 15 is 0 Å². The Morgan fingerprint density at radius 2 is 2.03 bits per heavy atom. The van der Waals surface area contributed by atoms with E-state index < -0.39 is 0 Å². The molecule has 0 aromatic heterocycles. The van der Waals surface area contributed by atoms with Gasteiger partial charge in [-0.15, -0.1) is 0 Å². The first-order chi connectivity index (χ1) is 15.1. The van der Waals surface area contributed by atoms with Crippen molar-refractivity contribution in [3.8, 4) is 0 Å². The predicted octanol–water partition coefficient (Wildman–Crippen LogP) is 4.38. The number of amides is 1. The fourth-order valence-corrected chi connectivity index (χ4v) is 4.18. The first-order valence-corrected chi connectivity index (χ1v) is 11.2. The highest BCUT2D eigenvalue weighted by Gasteiger charge is 2.25. The second kappa shape index (κ2) is 9.92. The number of rotatable bonds is 7. The Bertz CT molecular complexity index is 948. The first kappa shape index (κ1) is 21.3. The Morgan fingerprint density at radius 1 is 1.19 bits per heavy atom. The molecule has 4 unspecified atom stereocenters. The van der Waals surface area contributed by atoms with E-state index in [2.05, 4.69) is 53.7 Å². The van der Waals surface area contributed by atoms with Gasteiger partial charge in [0.05, 0.1) is 6.10 Å². The van der Waals surface area contributed by atoms with Gasteiger partial charge in [-0.2, -0.15) is 0 Å². The molecule has 0 radical (unpaired) electrons. The highest BCUT2D eigenvalue weighted by molar-refractivity contribution is 5.95.